The number of hydrogen-bond donors (Lipinski definition) is 1. The van der Waals surface area contributed by atoms with Crippen molar-refractivity contribution in [2.45, 2.75) is 18.1 Å². The molecule has 1 saturated heterocycles. The molecule has 0 spiro atoms. The molecule has 7 heteroatoms. The monoisotopic (exact) mass is 384 g/mol. The second-order valence-electron chi connectivity index (χ2n) is 6.02. The van der Waals surface area contributed by atoms with Crippen LogP contribution >= 0.6 is 11.8 Å². The van der Waals surface area contributed by atoms with Gasteiger partial charge >= 0.3 is 5.97 Å². The predicted molar refractivity (Wildman–Crippen MR) is 106 cm³/mol. The van der Waals surface area contributed by atoms with Crippen LogP contribution in [-0.2, 0) is 16.0 Å². The van der Waals surface area contributed by atoms with Gasteiger partial charge in [0.05, 0.1) is 19.2 Å². The fourth-order valence-electron chi connectivity index (χ4n) is 2.74. The Kier molecular flexibility index (Phi) is 6.13. The molecule has 1 atom stereocenters. The van der Waals surface area contributed by atoms with Crippen LogP contribution in [0.5, 0.6) is 5.75 Å². The predicted octanol–water partition coefficient (Wildman–Crippen LogP) is 3.34. The van der Waals surface area contributed by atoms with E-state index in [0.717, 1.165) is 17.0 Å². The molecule has 6 nitrogen and oxygen atoms in total. The molecule has 1 N–H and O–H groups in total. The molecule has 1 amide bonds. The number of ether oxygens (including phenoxy) is 1. The quantitative estimate of drug-likeness (QED) is 0.792. The van der Waals surface area contributed by atoms with Crippen molar-refractivity contribution in [2.75, 3.05) is 13.7 Å². The SMILES string of the molecule is COc1ccc(CCN2C(=O)[C@@H](CC(=O)O)SC2=Nc2ccccc2)cc1. The molecular weight excluding hydrogens is 364 g/mol. The van der Waals surface area contributed by atoms with Gasteiger partial charge in [0.25, 0.3) is 0 Å². The first-order valence-electron chi connectivity index (χ1n) is 8.53. The highest BCUT2D eigenvalue weighted by Gasteiger charge is 2.38. The molecule has 27 heavy (non-hydrogen) atoms. The van der Waals surface area contributed by atoms with Gasteiger partial charge in [0.2, 0.25) is 5.91 Å². The van der Waals surface area contributed by atoms with Gasteiger partial charge in [-0.05, 0) is 36.2 Å². The highest BCUT2D eigenvalue weighted by Crippen LogP contribution is 2.31. The number of carboxylic acid groups (broad SMARTS) is 1. The van der Waals surface area contributed by atoms with Gasteiger partial charge in [-0.1, -0.05) is 42.1 Å². The smallest absolute Gasteiger partial charge is 0.305 e. The van der Waals surface area contributed by atoms with Gasteiger partial charge in [-0.25, -0.2) is 4.99 Å². The third kappa shape index (κ3) is 4.89. The molecular formula is C20H20N2O4S. The lowest BCUT2D eigenvalue weighted by molar-refractivity contribution is -0.139. The normalized spacial score (nSPS) is 18.1. The molecule has 0 saturated carbocycles. The lowest BCUT2D eigenvalue weighted by Crippen LogP contribution is -2.34. The number of nitrogens with zero attached hydrogens (tertiary/aromatic N) is 2. The van der Waals surface area contributed by atoms with Crippen molar-refractivity contribution in [3.05, 3.63) is 60.2 Å². The summed E-state index contributed by atoms with van der Waals surface area (Å²) >= 11 is 1.22. The van der Waals surface area contributed by atoms with Crippen molar-refractivity contribution in [1.82, 2.24) is 4.90 Å². The van der Waals surface area contributed by atoms with Crippen LogP contribution < -0.4 is 4.74 Å². The fraction of sp³-hybridized carbons (Fsp3) is 0.250. The van der Waals surface area contributed by atoms with Crippen LogP contribution in [0.15, 0.2) is 59.6 Å². The standard InChI is InChI=1S/C20H20N2O4S/c1-26-16-9-7-14(8-10-16)11-12-22-19(25)17(13-18(23)24)27-20(22)21-15-5-3-2-4-6-15/h2-10,17H,11-13H2,1H3,(H,23,24)/t17-/m1/s1. The first-order chi connectivity index (χ1) is 13.1. The molecule has 2 aromatic rings. The Bertz CT molecular complexity index is 837. The average Bonchev–Trinajstić information content (AvgIpc) is 2.95. The van der Waals surface area contributed by atoms with E-state index in [9.17, 15) is 9.59 Å². The maximum Gasteiger partial charge on any atom is 0.305 e. The summed E-state index contributed by atoms with van der Waals surface area (Å²) in [5.74, 6) is -0.415. The number of hydrogen-bond acceptors (Lipinski definition) is 5. The topological polar surface area (TPSA) is 79.2 Å². The first kappa shape index (κ1) is 19.0. The van der Waals surface area contributed by atoms with E-state index >= 15 is 0 Å². The number of aliphatic imine (C=N–C) groups is 1. The molecule has 1 aliphatic heterocycles. The minimum atomic E-state index is -0.989. The van der Waals surface area contributed by atoms with Crippen LogP contribution in [0.4, 0.5) is 5.69 Å². The van der Waals surface area contributed by atoms with Gasteiger partial charge < -0.3 is 9.84 Å². The third-order valence-corrected chi connectivity index (χ3v) is 5.32. The number of amidine groups is 1. The van der Waals surface area contributed by atoms with E-state index in [1.807, 2.05) is 54.6 Å². The van der Waals surface area contributed by atoms with E-state index in [1.54, 1.807) is 12.0 Å². The van der Waals surface area contributed by atoms with E-state index in [-0.39, 0.29) is 12.3 Å². The summed E-state index contributed by atoms with van der Waals surface area (Å²) < 4.78 is 5.16. The molecule has 1 heterocycles. The van der Waals surface area contributed by atoms with Gasteiger partial charge in [-0.2, -0.15) is 0 Å². The summed E-state index contributed by atoms with van der Waals surface area (Å²) in [4.78, 5) is 29.9. The number of thioether (sulfide) groups is 1. The Labute approximate surface area is 161 Å². The summed E-state index contributed by atoms with van der Waals surface area (Å²) in [7, 11) is 1.62. The van der Waals surface area contributed by atoms with Gasteiger partial charge in [0.15, 0.2) is 5.17 Å². The Morgan fingerprint density at radius 3 is 2.52 bits per heavy atom. The van der Waals surface area contributed by atoms with E-state index in [4.69, 9.17) is 9.84 Å². The molecule has 1 aliphatic rings. The Morgan fingerprint density at radius 1 is 1.19 bits per heavy atom. The largest absolute Gasteiger partial charge is 0.497 e. The van der Waals surface area contributed by atoms with E-state index in [2.05, 4.69) is 4.99 Å². The minimum Gasteiger partial charge on any atom is -0.497 e. The zero-order valence-corrected chi connectivity index (χ0v) is 15.7. The molecule has 0 bridgehead atoms. The Morgan fingerprint density at radius 2 is 1.89 bits per heavy atom. The molecule has 0 aromatic heterocycles. The number of amides is 1. The van der Waals surface area contributed by atoms with Gasteiger partial charge in [-0.3, -0.25) is 14.5 Å². The van der Waals surface area contributed by atoms with Crippen LogP contribution in [0, 0.1) is 0 Å². The van der Waals surface area contributed by atoms with Gasteiger partial charge in [-0.15, -0.1) is 0 Å². The number of benzene rings is 2. The number of carboxylic acids is 1. The van der Waals surface area contributed by atoms with Crippen molar-refractivity contribution < 1.29 is 19.4 Å². The first-order valence-corrected chi connectivity index (χ1v) is 9.41. The van der Waals surface area contributed by atoms with Crippen LogP contribution in [0.2, 0.25) is 0 Å². The number of carbonyl (C=O) groups is 2. The zero-order chi connectivity index (χ0) is 19.2. The third-order valence-electron chi connectivity index (χ3n) is 4.14. The molecule has 3 rings (SSSR count). The highest BCUT2D eigenvalue weighted by molar-refractivity contribution is 8.15. The highest BCUT2D eigenvalue weighted by atomic mass is 32.2. The second-order valence-corrected chi connectivity index (χ2v) is 7.19. The van der Waals surface area contributed by atoms with Crippen molar-refractivity contribution in [2.24, 2.45) is 4.99 Å². The van der Waals surface area contributed by atoms with E-state index in [1.165, 1.54) is 11.8 Å². The van der Waals surface area contributed by atoms with Crippen molar-refractivity contribution in [1.29, 1.82) is 0 Å². The minimum absolute atomic E-state index is 0.203. The average molecular weight is 384 g/mol. The maximum atomic E-state index is 12.7. The number of methoxy groups -OCH3 is 1. The van der Waals surface area contributed by atoms with Gasteiger partial charge in [0.1, 0.15) is 11.0 Å². The lowest BCUT2D eigenvalue weighted by Gasteiger charge is -2.16. The summed E-state index contributed by atoms with van der Waals surface area (Å²) in [6.45, 7) is 0.444. The van der Waals surface area contributed by atoms with E-state index in [0.29, 0.717) is 18.1 Å². The number of para-hydroxylation sites is 1. The van der Waals surface area contributed by atoms with Gasteiger partial charge in [0, 0.05) is 6.54 Å². The van der Waals surface area contributed by atoms with Crippen LogP contribution in [0.1, 0.15) is 12.0 Å². The summed E-state index contributed by atoms with van der Waals surface area (Å²) in [5, 5.41) is 8.98. The van der Waals surface area contributed by atoms with Crippen molar-refractivity contribution >= 4 is 34.5 Å². The number of aliphatic carboxylic acids is 1. The molecule has 2 aromatic carbocycles. The fourth-order valence-corrected chi connectivity index (χ4v) is 3.91. The zero-order valence-electron chi connectivity index (χ0n) is 14.9. The Balaban J connectivity index is 1.78. The van der Waals surface area contributed by atoms with Crippen LogP contribution in [-0.4, -0.2) is 46.0 Å². The summed E-state index contributed by atoms with van der Waals surface area (Å²) in [6.07, 6.45) is 0.431. The van der Waals surface area contributed by atoms with Crippen molar-refractivity contribution in [3.8, 4) is 5.75 Å². The Hall–Kier alpha value is -2.80. The van der Waals surface area contributed by atoms with Crippen molar-refractivity contribution in [3.63, 3.8) is 0 Å². The van der Waals surface area contributed by atoms with E-state index < -0.39 is 11.2 Å². The molecule has 0 unspecified atom stereocenters. The lowest BCUT2D eigenvalue weighted by atomic mass is 10.1. The summed E-state index contributed by atoms with van der Waals surface area (Å²) in [6, 6.07) is 17.0. The second kappa shape index (κ2) is 8.73. The van der Waals surface area contributed by atoms with Crippen LogP contribution in [0.3, 0.4) is 0 Å². The molecule has 0 radical (unpaired) electrons. The number of carbonyl (C=O) groups excluding carboxylic acids is 1. The van der Waals surface area contributed by atoms with Crippen LogP contribution in [0.25, 0.3) is 0 Å². The number of rotatable bonds is 7. The summed E-state index contributed by atoms with van der Waals surface area (Å²) in [5.41, 5.74) is 1.80. The maximum absolute atomic E-state index is 12.7. The molecule has 0 aliphatic carbocycles. The molecule has 140 valence electrons. The molecule has 1 fully saturated rings.